The van der Waals surface area contributed by atoms with E-state index < -0.39 is 0 Å². The second kappa shape index (κ2) is 6.72. The monoisotopic (exact) mass is 289 g/mol. The molecule has 21 heavy (non-hydrogen) atoms. The van der Waals surface area contributed by atoms with E-state index in [1.165, 1.54) is 0 Å². The first kappa shape index (κ1) is 15.5. The number of aryl methyl sites for hydroxylation is 2. The number of hydrogen-bond acceptors (Lipinski definition) is 4. The first-order valence-electron chi connectivity index (χ1n) is 7.17. The summed E-state index contributed by atoms with van der Waals surface area (Å²) >= 11 is 0. The van der Waals surface area contributed by atoms with E-state index in [2.05, 4.69) is 23.0 Å². The van der Waals surface area contributed by atoms with Crippen LogP contribution in [-0.4, -0.2) is 35.4 Å². The van der Waals surface area contributed by atoms with Crippen molar-refractivity contribution in [3.05, 3.63) is 29.7 Å². The van der Waals surface area contributed by atoms with Gasteiger partial charge < -0.3 is 9.47 Å². The van der Waals surface area contributed by atoms with E-state index in [0.717, 1.165) is 29.1 Å². The van der Waals surface area contributed by atoms with E-state index in [1.807, 2.05) is 30.7 Å². The van der Waals surface area contributed by atoms with E-state index in [9.17, 15) is 0 Å². The minimum atomic E-state index is 0.213. The standard InChI is InChI=1S/C16H23N3O2/c1-6-13(10-20-4)19-9-15(18-16(19)21-5)14-8-7-11(2)17-12(14)3/h7-9,13H,6,10H2,1-5H3. The smallest absolute Gasteiger partial charge is 0.296 e. The molecule has 5 nitrogen and oxygen atoms in total. The molecule has 2 aromatic heterocycles. The molecule has 1 atom stereocenters. The number of methoxy groups -OCH3 is 2. The molecule has 2 heterocycles. The number of imidazole rings is 1. The molecule has 1 unspecified atom stereocenters. The summed E-state index contributed by atoms with van der Waals surface area (Å²) in [5.41, 5.74) is 3.90. The van der Waals surface area contributed by atoms with Gasteiger partial charge in [0.25, 0.3) is 6.01 Å². The Hall–Kier alpha value is -1.88. The van der Waals surface area contributed by atoms with Gasteiger partial charge in [0.15, 0.2) is 0 Å². The molecule has 2 rings (SSSR count). The van der Waals surface area contributed by atoms with E-state index in [0.29, 0.717) is 12.6 Å². The number of ether oxygens (including phenoxy) is 2. The normalized spacial score (nSPS) is 12.4. The van der Waals surface area contributed by atoms with Crippen LogP contribution in [0.3, 0.4) is 0 Å². The lowest BCUT2D eigenvalue weighted by molar-refractivity contribution is 0.147. The summed E-state index contributed by atoms with van der Waals surface area (Å²) in [6, 6.07) is 4.88. The Kier molecular flexibility index (Phi) is 4.96. The topological polar surface area (TPSA) is 49.2 Å². The minimum Gasteiger partial charge on any atom is -0.468 e. The molecule has 0 saturated heterocycles. The van der Waals surface area contributed by atoms with Crippen molar-refractivity contribution in [3.8, 4) is 17.3 Å². The minimum absolute atomic E-state index is 0.213. The zero-order chi connectivity index (χ0) is 15.4. The Morgan fingerprint density at radius 1 is 1.19 bits per heavy atom. The molecule has 0 aliphatic heterocycles. The highest BCUT2D eigenvalue weighted by atomic mass is 16.5. The molecule has 0 radical (unpaired) electrons. The van der Waals surface area contributed by atoms with Gasteiger partial charge >= 0.3 is 0 Å². The van der Waals surface area contributed by atoms with Gasteiger partial charge in [0, 0.05) is 30.3 Å². The van der Waals surface area contributed by atoms with Gasteiger partial charge in [-0.15, -0.1) is 0 Å². The molecule has 0 bridgehead atoms. The molecule has 114 valence electrons. The summed E-state index contributed by atoms with van der Waals surface area (Å²) in [4.78, 5) is 9.09. The number of pyridine rings is 1. The first-order valence-corrected chi connectivity index (χ1v) is 7.17. The van der Waals surface area contributed by atoms with Crippen molar-refractivity contribution in [1.82, 2.24) is 14.5 Å². The molecule has 0 fully saturated rings. The highest BCUT2D eigenvalue weighted by molar-refractivity contribution is 5.62. The highest BCUT2D eigenvalue weighted by Crippen LogP contribution is 2.28. The summed E-state index contributed by atoms with van der Waals surface area (Å²) in [6.07, 6.45) is 2.97. The average molecular weight is 289 g/mol. The molecular formula is C16H23N3O2. The molecule has 0 aliphatic carbocycles. The zero-order valence-corrected chi connectivity index (χ0v) is 13.4. The lowest BCUT2D eigenvalue weighted by Crippen LogP contribution is -2.14. The van der Waals surface area contributed by atoms with Crippen LogP contribution in [0.4, 0.5) is 0 Å². The van der Waals surface area contributed by atoms with E-state index >= 15 is 0 Å². The predicted octanol–water partition coefficient (Wildman–Crippen LogP) is 3.17. The third kappa shape index (κ3) is 3.24. The van der Waals surface area contributed by atoms with Crippen molar-refractivity contribution in [1.29, 1.82) is 0 Å². The average Bonchev–Trinajstić information content (AvgIpc) is 2.88. The van der Waals surface area contributed by atoms with Crippen molar-refractivity contribution in [2.75, 3.05) is 20.8 Å². The largest absolute Gasteiger partial charge is 0.468 e. The second-order valence-electron chi connectivity index (χ2n) is 5.12. The maximum absolute atomic E-state index is 5.42. The van der Waals surface area contributed by atoms with Crippen LogP contribution >= 0.6 is 0 Å². The van der Waals surface area contributed by atoms with Crippen LogP contribution < -0.4 is 4.74 Å². The number of nitrogens with zero attached hydrogens (tertiary/aromatic N) is 3. The van der Waals surface area contributed by atoms with Gasteiger partial charge in [0.05, 0.1) is 25.5 Å². The fourth-order valence-electron chi connectivity index (χ4n) is 2.46. The summed E-state index contributed by atoms with van der Waals surface area (Å²) in [5.74, 6) is 0. The van der Waals surface area contributed by atoms with Gasteiger partial charge in [0.2, 0.25) is 0 Å². The SMILES string of the molecule is CCC(COC)n1cc(-c2ccc(C)nc2C)nc1OC. The van der Waals surface area contributed by atoms with E-state index in [1.54, 1.807) is 14.2 Å². The van der Waals surface area contributed by atoms with Crippen LogP contribution in [-0.2, 0) is 4.74 Å². The number of hydrogen-bond donors (Lipinski definition) is 0. The quantitative estimate of drug-likeness (QED) is 0.819. The summed E-state index contributed by atoms with van der Waals surface area (Å²) < 4.78 is 12.7. The summed E-state index contributed by atoms with van der Waals surface area (Å²) in [7, 11) is 3.35. The molecule has 2 aromatic rings. The van der Waals surface area contributed by atoms with Gasteiger partial charge in [-0.3, -0.25) is 9.55 Å². The maximum atomic E-state index is 5.42. The lowest BCUT2D eigenvalue weighted by atomic mass is 10.1. The lowest BCUT2D eigenvalue weighted by Gasteiger charge is -2.17. The number of aromatic nitrogens is 3. The third-order valence-corrected chi connectivity index (χ3v) is 3.61. The van der Waals surface area contributed by atoms with Gasteiger partial charge in [0.1, 0.15) is 0 Å². The van der Waals surface area contributed by atoms with E-state index in [-0.39, 0.29) is 6.04 Å². The predicted molar refractivity (Wildman–Crippen MR) is 82.7 cm³/mol. The van der Waals surface area contributed by atoms with Gasteiger partial charge in [-0.2, -0.15) is 4.98 Å². The molecule has 0 saturated carbocycles. The van der Waals surface area contributed by atoms with Crippen LogP contribution in [0.15, 0.2) is 18.3 Å². The zero-order valence-electron chi connectivity index (χ0n) is 13.4. The van der Waals surface area contributed by atoms with Crippen molar-refractivity contribution in [2.45, 2.75) is 33.2 Å². The Morgan fingerprint density at radius 2 is 1.95 bits per heavy atom. The maximum Gasteiger partial charge on any atom is 0.296 e. The fraction of sp³-hybridized carbons (Fsp3) is 0.500. The molecular weight excluding hydrogens is 266 g/mol. The third-order valence-electron chi connectivity index (χ3n) is 3.61. The van der Waals surface area contributed by atoms with Crippen LogP contribution in [0, 0.1) is 13.8 Å². The second-order valence-corrected chi connectivity index (χ2v) is 5.12. The van der Waals surface area contributed by atoms with Crippen molar-refractivity contribution < 1.29 is 9.47 Å². The summed E-state index contributed by atoms with van der Waals surface area (Å²) in [5, 5.41) is 0. The molecule has 5 heteroatoms. The van der Waals surface area contributed by atoms with Crippen LogP contribution in [0.5, 0.6) is 6.01 Å². The van der Waals surface area contributed by atoms with Crippen LogP contribution in [0.25, 0.3) is 11.3 Å². The highest BCUT2D eigenvalue weighted by Gasteiger charge is 2.18. The van der Waals surface area contributed by atoms with Crippen LogP contribution in [0.2, 0.25) is 0 Å². The van der Waals surface area contributed by atoms with Gasteiger partial charge in [-0.05, 0) is 32.4 Å². The molecule has 0 spiro atoms. The molecule has 0 aliphatic rings. The van der Waals surface area contributed by atoms with Gasteiger partial charge in [-0.1, -0.05) is 6.92 Å². The Balaban J connectivity index is 2.44. The van der Waals surface area contributed by atoms with Gasteiger partial charge in [-0.25, -0.2) is 0 Å². The Bertz CT molecular complexity index is 608. The Morgan fingerprint density at radius 3 is 2.52 bits per heavy atom. The first-order chi connectivity index (χ1) is 10.1. The van der Waals surface area contributed by atoms with Crippen LogP contribution in [0.1, 0.15) is 30.8 Å². The Labute approximate surface area is 125 Å². The number of rotatable bonds is 6. The van der Waals surface area contributed by atoms with Crippen molar-refractivity contribution in [2.24, 2.45) is 0 Å². The van der Waals surface area contributed by atoms with E-state index in [4.69, 9.17) is 9.47 Å². The summed E-state index contributed by atoms with van der Waals surface area (Å²) in [6.45, 7) is 6.75. The fourth-order valence-corrected chi connectivity index (χ4v) is 2.46. The van der Waals surface area contributed by atoms with Crippen molar-refractivity contribution >= 4 is 0 Å². The van der Waals surface area contributed by atoms with Crippen molar-refractivity contribution in [3.63, 3.8) is 0 Å². The molecule has 0 N–H and O–H groups in total. The molecule has 0 amide bonds. The molecule has 0 aromatic carbocycles.